The second kappa shape index (κ2) is 10.7. The smallest absolute Gasteiger partial charge is 0.0540 e. The summed E-state index contributed by atoms with van der Waals surface area (Å²) in [5.41, 5.74) is 11.2. The molecule has 0 spiro atoms. The van der Waals surface area contributed by atoms with Gasteiger partial charge in [0.1, 0.15) is 0 Å². The van der Waals surface area contributed by atoms with Gasteiger partial charge in [-0.15, -0.1) is 11.3 Å². The normalized spacial score (nSPS) is 13.3. The van der Waals surface area contributed by atoms with Crippen molar-refractivity contribution >= 4 is 70.1 Å². The first-order valence-corrected chi connectivity index (χ1v) is 17.8. The van der Waals surface area contributed by atoms with Crippen LogP contribution in [0.5, 0.6) is 0 Å². The number of nitrogens with zero attached hydrogens (tertiary/aromatic N) is 1. The van der Waals surface area contributed by atoms with Crippen LogP contribution in [-0.2, 0) is 5.41 Å². The van der Waals surface area contributed by atoms with Crippen LogP contribution in [0.3, 0.4) is 0 Å². The average molecular weight is 644 g/mol. The molecule has 0 aliphatic heterocycles. The molecular formula is C47H33NS. The summed E-state index contributed by atoms with van der Waals surface area (Å²) < 4.78 is 2.66. The lowest BCUT2D eigenvalue weighted by Crippen LogP contribution is -2.16. The Morgan fingerprint density at radius 2 is 1.16 bits per heavy atom. The molecule has 0 saturated heterocycles. The first kappa shape index (κ1) is 28.3. The third-order valence-corrected chi connectivity index (χ3v) is 11.7. The minimum absolute atomic E-state index is 0.0962. The quantitative estimate of drug-likeness (QED) is 0.184. The standard InChI is InChI=1S/C47H33NS/c1-47(2)42-18-7-5-16-37(42)38-24-23-36(28-43(38)47)48(35-15-9-13-32(26-35)33-22-21-30-11-3-4-12-31(30)25-33)44-19-10-14-34-27-46-41(29-40(34)44)39-17-6-8-20-45(39)49-46/h3-29H,1-2H3. The molecule has 1 nitrogen and oxygen atoms in total. The molecule has 0 unspecified atom stereocenters. The lowest BCUT2D eigenvalue weighted by molar-refractivity contribution is 0.660. The zero-order chi connectivity index (χ0) is 32.7. The van der Waals surface area contributed by atoms with E-state index in [1.165, 1.54) is 80.8 Å². The third kappa shape index (κ3) is 4.38. The van der Waals surface area contributed by atoms with Crippen LogP contribution in [0, 0.1) is 0 Å². The van der Waals surface area contributed by atoms with Crippen molar-refractivity contribution in [2.24, 2.45) is 0 Å². The summed E-state index contributed by atoms with van der Waals surface area (Å²) in [5.74, 6) is 0. The molecule has 1 aliphatic rings. The Kier molecular flexibility index (Phi) is 6.16. The maximum absolute atomic E-state index is 2.48. The van der Waals surface area contributed by atoms with Gasteiger partial charge < -0.3 is 4.90 Å². The molecular weight excluding hydrogens is 611 g/mol. The van der Waals surface area contributed by atoms with Crippen LogP contribution >= 0.6 is 11.3 Å². The van der Waals surface area contributed by atoms with Crippen LogP contribution < -0.4 is 4.90 Å². The number of hydrogen-bond donors (Lipinski definition) is 0. The van der Waals surface area contributed by atoms with E-state index in [0.717, 1.165) is 11.4 Å². The Labute approximate surface area is 290 Å². The van der Waals surface area contributed by atoms with E-state index < -0.39 is 0 Å². The monoisotopic (exact) mass is 643 g/mol. The Morgan fingerprint density at radius 3 is 2.10 bits per heavy atom. The van der Waals surface area contributed by atoms with Gasteiger partial charge in [0.15, 0.2) is 0 Å². The highest BCUT2D eigenvalue weighted by Crippen LogP contribution is 2.51. The van der Waals surface area contributed by atoms with Gasteiger partial charge in [0.25, 0.3) is 0 Å². The Hall–Kier alpha value is -5.70. The van der Waals surface area contributed by atoms with Crippen molar-refractivity contribution in [1.82, 2.24) is 0 Å². The fraction of sp³-hybridized carbons (Fsp3) is 0.0638. The predicted octanol–water partition coefficient (Wildman–Crippen LogP) is 13.8. The summed E-state index contributed by atoms with van der Waals surface area (Å²) in [5, 5.41) is 7.65. The number of rotatable bonds is 4. The molecule has 49 heavy (non-hydrogen) atoms. The average Bonchev–Trinajstić information content (AvgIpc) is 3.62. The van der Waals surface area contributed by atoms with Crippen molar-refractivity contribution in [3.05, 3.63) is 175 Å². The molecule has 0 amide bonds. The number of hydrogen-bond acceptors (Lipinski definition) is 2. The van der Waals surface area contributed by atoms with E-state index in [1.54, 1.807) is 0 Å². The highest BCUT2D eigenvalue weighted by molar-refractivity contribution is 7.25. The third-order valence-electron chi connectivity index (χ3n) is 10.6. The van der Waals surface area contributed by atoms with Crippen LogP contribution in [0.2, 0.25) is 0 Å². The van der Waals surface area contributed by atoms with Crippen molar-refractivity contribution in [3.8, 4) is 22.3 Å². The van der Waals surface area contributed by atoms with Crippen molar-refractivity contribution in [1.29, 1.82) is 0 Å². The Morgan fingerprint density at radius 1 is 0.429 bits per heavy atom. The molecule has 10 rings (SSSR count). The molecule has 1 aliphatic carbocycles. The number of thiophene rings is 1. The minimum Gasteiger partial charge on any atom is -0.310 e. The molecule has 0 N–H and O–H groups in total. The van der Waals surface area contributed by atoms with Gasteiger partial charge in [0, 0.05) is 42.3 Å². The summed E-state index contributed by atoms with van der Waals surface area (Å²) >= 11 is 1.88. The fourth-order valence-corrected chi connectivity index (χ4v) is 9.26. The molecule has 0 saturated carbocycles. The molecule has 2 heteroatoms. The molecule has 0 fully saturated rings. The zero-order valence-corrected chi connectivity index (χ0v) is 28.3. The fourth-order valence-electron chi connectivity index (χ4n) is 8.13. The van der Waals surface area contributed by atoms with Gasteiger partial charge in [0.2, 0.25) is 0 Å². The van der Waals surface area contributed by atoms with E-state index in [1.807, 2.05) is 11.3 Å². The van der Waals surface area contributed by atoms with Crippen molar-refractivity contribution in [2.75, 3.05) is 4.90 Å². The maximum atomic E-state index is 2.48. The first-order valence-electron chi connectivity index (χ1n) is 17.0. The lowest BCUT2D eigenvalue weighted by Gasteiger charge is -2.29. The van der Waals surface area contributed by atoms with Gasteiger partial charge in [-0.25, -0.2) is 0 Å². The largest absolute Gasteiger partial charge is 0.310 e. The van der Waals surface area contributed by atoms with Crippen molar-refractivity contribution < 1.29 is 0 Å². The molecule has 232 valence electrons. The predicted molar refractivity (Wildman–Crippen MR) is 212 cm³/mol. The van der Waals surface area contributed by atoms with E-state index in [0.29, 0.717) is 0 Å². The number of fused-ring (bicyclic) bond motifs is 8. The summed E-state index contributed by atoms with van der Waals surface area (Å²) in [6.45, 7) is 4.73. The van der Waals surface area contributed by atoms with Crippen LogP contribution in [0.15, 0.2) is 164 Å². The lowest BCUT2D eigenvalue weighted by atomic mass is 9.82. The van der Waals surface area contributed by atoms with Crippen LogP contribution in [0.4, 0.5) is 17.1 Å². The highest BCUT2D eigenvalue weighted by Gasteiger charge is 2.35. The molecule has 8 aromatic carbocycles. The molecule has 1 heterocycles. The maximum Gasteiger partial charge on any atom is 0.0540 e. The zero-order valence-electron chi connectivity index (χ0n) is 27.4. The highest BCUT2D eigenvalue weighted by atomic mass is 32.1. The second-order valence-electron chi connectivity index (χ2n) is 13.8. The van der Waals surface area contributed by atoms with E-state index >= 15 is 0 Å². The van der Waals surface area contributed by atoms with Gasteiger partial charge in [0.05, 0.1) is 5.69 Å². The molecule has 9 aromatic rings. The molecule has 0 atom stereocenters. The second-order valence-corrected chi connectivity index (χ2v) is 14.9. The van der Waals surface area contributed by atoms with E-state index in [2.05, 4.69) is 183 Å². The van der Waals surface area contributed by atoms with E-state index in [4.69, 9.17) is 0 Å². The SMILES string of the molecule is CC1(C)c2ccccc2-c2ccc(N(c3cccc(-c4ccc5ccccc5c4)c3)c3cccc4cc5sc6ccccc6c5cc34)cc21. The van der Waals surface area contributed by atoms with Gasteiger partial charge in [-0.05, 0) is 104 Å². The molecule has 1 aromatic heterocycles. The summed E-state index contributed by atoms with van der Waals surface area (Å²) in [6.07, 6.45) is 0. The van der Waals surface area contributed by atoms with E-state index in [-0.39, 0.29) is 5.41 Å². The topological polar surface area (TPSA) is 3.24 Å². The minimum atomic E-state index is -0.0962. The summed E-state index contributed by atoms with van der Waals surface area (Å²) in [6, 6.07) is 60.8. The first-order chi connectivity index (χ1) is 24.0. The molecule has 0 bridgehead atoms. The van der Waals surface area contributed by atoms with Gasteiger partial charge in [-0.1, -0.05) is 123 Å². The van der Waals surface area contributed by atoms with Crippen molar-refractivity contribution in [3.63, 3.8) is 0 Å². The van der Waals surface area contributed by atoms with Gasteiger partial charge >= 0.3 is 0 Å². The molecule has 0 radical (unpaired) electrons. The van der Waals surface area contributed by atoms with E-state index in [9.17, 15) is 0 Å². The van der Waals surface area contributed by atoms with Crippen LogP contribution in [0.1, 0.15) is 25.0 Å². The van der Waals surface area contributed by atoms with Crippen molar-refractivity contribution in [2.45, 2.75) is 19.3 Å². The van der Waals surface area contributed by atoms with Crippen LogP contribution in [0.25, 0.3) is 64.0 Å². The summed E-state index contributed by atoms with van der Waals surface area (Å²) in [7, 11) is 0. The number of benzene rings is 8. The Bertz CT molecular complexity index is 2770. The summed E-state index contributed by atoms with van der Waals surface area (Å²) in [4.78, 5) is 2.48. The van der Waals surface area contributed by atoms with Gasteiger partial charge in [-0.2, -0.15) is 0 Å². The Balaban J connectivity index is 1.21. The van der Waals surface area contributed by atoms with Gasteiger partial charge in [-0.3, -0.25) is 0 Å². The number of anilines is 3. The van der Waals surface area contributed by atoms with Crippen LogP contribution in [-0.4, -0.2) is 0 Å².